The maximum absolute atomic E-state index is 13.0. The summed E-state index contributed by atoms with van der Waals surface area (Å²) in [6.45, 7) is 2.27. The molecule has 0 unspecified atom stereocenters. The van der Waals surface area contributed by atoms with Crippen molar-refractivity contribution in [3.63, 3.8) is 0 Å². The first kappa shape index (κ1) is 22.5. The number of likely N-dealkylation sites (tertiary alicyclic amines) is 1. The van der Waals surface area contributed by atoms with Gasteiger partial charge in [-0.3, -0.25) is 9.59 Å². The molecule has 1 fully saturated rings. The van der Waals surface area contributed by atoms with E-state index in [-0.39, 0.29) is 30.6 Å². The van der Waals surface area contributed by atoms with Crippen molar-refractivity contribution in [1.82, 2.24) is 14.5 Å². The van der Waals surface area contributed by atoms with Gasteiger partial charge in [0.05, 0.1) is 30.1 Å². The van der Waals surface area contributed by atoms with E-state index in [1.165, 1.54) is 11.1 Å². The Bertz CT molecular complexity index is 1180. The van der Waals surface area contributed by atoms with Crippen molar-refractivity contribution in [2.75, 3.05) is 25.5 Å². The average Bonchev–Trinajstić information content (AvgIpc) is 3.43. The van der Waals surface area contributed by atoms with Crippen molar-refractivity contribution in [2.24, 2.45) is 11.7 Å². The van der Waals surface area contributed by atoms with E-state index in [1.54, 1.807) is 11.6 Å². The first-order valence-corrected chi connectivity index (χ1v) is 10.6. The fourth-order valence-electron chi connectivity index (χ4n) is 4.29. The minimum Gasteiger partial charge on any atom is -0.497 e. The number of methoxy groups -OCH3 is 1. The number of anilines is 1. The number of benzene rings is 1. The Morgan fingerprint density at radius 2 is 1.97 bits per heavy atom. The predicted molar refractivity (Wildman–Crippen MR) is 119 cm³/mol. The van der Waals surface area contributed by atoms with E-state index in [0.717, 1.165) is 16.9 Å². The highest BCUT2D eigenvalue weighted by molar-refractivity contribution is 6.02. The highest BCUT2D eigenvalue weighted by Crippen LogP contribution is 2.32. The number of alkyl halides is 2. The molecule has 174 valence electrons. The van der Waals surface area contributed by atoms with Crippen molar-refractivity contribution in [3.8, 4) is 16.9 Å². The summed E-state index contributed by atoms with van der Waals surface area (Å²) >= 11 is 0. The summed E-state index contributed by atoms with van der Waals surface area (Å²) in [6, 6.07) is 9.07. The molecule has 2 atom stereocenters. The Balaban J connectivity index is 1.72. The van der Waals surface area contributed by atoms with Gasteiger partial charge in [-0.2, -0.15) is 13.9 Å². The standard InChI is InChI=1S/C23H25F2N5O3/c1-3-13-10-29(23(32)21(24)25)12-18(13)28-20-17(22(26)31)9-27-30-11-15(8-19(20)30)14-4-6-16(33-2)7-5-14/h4-9,11,13,18,21,28H,3,10,12H2,1-2H3,(H2,26,31)/t13-,18-/m1/s1. The van der Waals surface area contributed by atoms with E-state index < -0.39 is 18.2 Å². The molecule has 8 nitrogen and oxygen atoms in total. The van der Waals surface area contributed by atoms with Crippen LogP contribution in [0.15, 0.2) is 42.7 Å². The lowest BCUT2D eigenvalue weighted by Gasteiger charge is -2.21. The lowest BCUT2D eigenvalue weighted by atomic mass is 10.00. The number of rotatable bonds is 7. The number of carbonyl (C=O) groups excluding carboxylic acids is 2. The van der Waals surface area contributed by atoms with E-state index in [9.17, 15) is 18.4 Å². The van der Waals surface area contributed by atoms with Crippen LogP contribution in [0.4, 0.5) is 14.5 Å². The van der Waals surface area contributed by atoms with Gasteiger partial charge < -0.3 is 20.7 Å². The summed E-state index contributed by atoms with van der Waals surface area (Å²) in [6.07, 6.45) is 0.836. The highest BCUT2D eigenvalue weighted by Gasteiger charge is 2.37. The second kappa shape index (κ2) is 9.05. The summed E-state index contributed by atoms with van der Waals surface area (Å²) in [5, 5.41) is 7.63. The molecule has 0 aliphatic carbocycles. The summed E-state index contributed by atoms with van der Waals surface area (Å²) in [4.78, 5) is 25.2. The minimum atomic E-state index is -3.05. The zero-order chi connectivity index (χ0) is 23.7. The van der Waals surface area contributed by atoms with Crippen molar-refractivity contribution in [3.05, 3.63) is 48.3 Å². The molecular weight excluding hydrogens is 432 g/mol. The van der Waals surface area contributed by atoms with Crippen molar-refractivity contribution in [2.45, 2.75) is 25.8 Å². The number of fused-ring (bicyclic) bond motifs is 1. The Kier molecular flexibility index (Phi) is 6.17. The smallest absolute Gasteiger partial charge is 0.315 e. The van der Waals surface area contributed by atoms with Crippen LogP contribution in [0.25, 0.3) is 16.6 Å². The molecule has 2 amide bonds. The van der Waals surface area contributed by atoms with Gasteiger partial charge in [0.1, 0.15) is 5.75 Å². The maximum atomic E-state index is 13.0. The van der Waals surface area contributed by atoms with Crippen LogP contribution in [0.1, 0.15) is 23.7 Å². The SMILES string of the molecule is CC[C@@H]1CN(C(=O)C(F)F)C[C@H]1Nc1c(C(N)=O)cnn2cc(-c3ccc(OC)cc3)cc12. The predicted octanol–water partition coefficient (Wildman–Crippen LogP) is 3.02. The molecule has 0 radical (unpaired) electrons. The van der Waals surface area contributed by atoms with Gasteiger partial charge in [-0.05, 0) is 36.1 Å². The van der Waals surface area contributed by atoms with Gasteiger partial charge in [0.15, 0.2) is 0 Å². The molecule has 10 heteroatoms. The molecule has 4 rings (SSSR count). The second-order valence-corrected chi connectivity index (χ2v) is 8.05. The minimum absolute atomic E-state index is 0.0577. The number of nitrogens with zero attached hydrogens (tertiary/aromatic N) is 3. The zero-order valence-electron chi connectivity index (χ0n) is 18.3. The van der Waals surface area contributed by atoms with Crippen molar-refractivity contribution >= 4 is 23.0 Å². The number of ether oxygens (including phenoxy) is 1. The third-order valence-corrected chi connectivity index (χ3v) is 6.12. The molecule has 3 heterocycles. The number of primary amides is 1. The third kappa shape index (κ3) is 4.33. The quantitative estimate of drug-likeness (QED) is 0.568. The molecule has 33 heavy (non-hydrogen) atoms. The van der Waals surface area contributed by atoms with Crippen molar-refractivity contribution < 1.29 is 23.1 Å². The number of amides is 2. The number of nitrogens with two attached hydrogens (primary N) is 1. The van der Waals surface area contributed by atoms with E-state index >= 15 is 0 Å². The van der Waals surface area contributed by atoms with Gasteiger partial charge in [0.2, 0.25) is 0 Å². The van der Waals surface area contributed by atoms with Gasteiger partial charge >= 0.3 is 6.43 Å². The van der Waals surface area contributed by atoms with E-state index in [0.29, 0.717) is 17.6 Å². The first-order chi connectivity index (χ1) is 15.8. The number of halogens is 2. The van der Waals surface area contributed by atoms with Crippen LogP contribution in [0.5, 0.6) is 5.75 Å². The number of carbonyl (C=O) groups is 2. The molecule has 3 N–H and O–H groups in total. The molecule has 0 spiro atoms. The molecular formula is C23H25F2N5O3. The topological polar surface area (TPSA) is 102 Å². The lowest BCUT2D eigenvalue weighted by molar-refractivity contribution is -0.141. The Hall–Kier alpha value is -3.69. The van der Waals surface area contributed by atoms with E-state index in [4.69, 9.17) is 10.5 Å². The van der Waals surface area contributed by atoms with Crippen LogP contribution in [0.2, 0.25) is 0 Å². The van der Waals surface area contributed by atoms with Crippen LogP contribution in [0, 0.1) is 5.92 Å². The molecule has 2 aromatic heterocycles. The normalized spacial score (nSPS) is 18.2. The average molecular weight is 457 g/mol. The van der Waals surface area contributed by atoms with Gasteiger partial charge in [-0.25, -0.2) is 4.52 Å². The molecule has 0 saturated carbocycles. The zero-order valence-corrected chi connectivity index (χ0v) is 18.3. The summed E-state index contributed by atoms with van der Waals surface area (Å²) in [5.41, 5.74) is 8.67. The lowest BCUT2D eigenvalue weighted by Crippen LogP contribution is -2.35. The first-order valence-electron chi connectivity index (χ1n) is 10.6. The van der Waals surface area contributed by atoms with Gasteiger partial charge in [0, 0.05) is 30.9 Å². The number of aromatic nitrogens is 2. The number of nitrogens with one attached hydrogen (secondary N) is 1. The fourth-order valence-corrected chi connectivity index (χ4v) is 4.29. The van der Waals surface area contributed by atoms with Crippen LogP contribution in [-0.2, 0) is 4.79 Å². The van der Waals surface area contributed by atoms with Crippen LogP contribution in [-0.4, -0.2) is 59.0 Å². The number of hydrogen-bond donors (Lipinski definition) is 2. The second-order valence-electron chi connectivity index (χ2n) is 8.05. The summed E-state index contributed by atoms with van der Waals surface area (Å²) in [7, 11) is 1.59. The summed E-state index contributed by atoms with van der Waals surface area (Å²) in [5.74, 6) is -1.17. The van der Waals surface area contributed by atoms with Crippen LogP contribution < -0.4 is 15.8 Å². The molecule has 3 aromatic rings. The van der Waals surface area contributed by atoms with Crippen LogP contribution in [0.3, 0.4) is 0 Å². The van der Waals surface area contributed by atoms with Gasteiger partial charge in [0.25, 0.3) is 11.8 Å². The largest absolute Gasteiger partial charge is 0.497 e. The monoisotopic (exact) mass is 457 g/mol. The van der Waals surface area contributed by atoms with E-state index in [1.807, 2.05) is 43.5 Å². The third-order valence-electron chi connectivity index (χ3n) is 6.12. The molecule has 1 aliphatic rings. The molecule has 1 aromatic carbocycles. The molecule has 0 bridgehead atoms. The number of hydrogen-bond acceptors (Lipinski definition) is 5. The van der Waals surface area contributed by atoms with Gasteiger partial charge in [-0.1, -0.05) is 19.1 Å². The van der Waals surface area contributed by atoms with Crippen LogP contribution >= 0.6 is 0 Å². The Labute approximate surface area is 189 Å². The van der Waals surface area contributed by atoms with E-state index in [2.05, 4.69) is 10.4 Å². The highest BCUT2D eigenvalue weighted by atomic mass is 19.3. The Morgan fingerprint density at radius 3 is 2.58 bits per heavy atom. The van der Waals surface area contributed by atoms with Crippen molar-refractivity contribution in [1.29, 1.82) is 0 Å². The molecule has 1 aliphatic heterocycles. The van der Waals surface area contributed by atoms with Gasteiger partial charge in [-0.15, -0.1) is 0 Å². The fraction of sp³-hybridized carbons (Fsp3) is 0.348. The summed E-state index contributed by atoms with van der Waals surface area (Å²) < 4.78 is 32.8. The molecule has 1 saturated heterocycles. The maximum Gasteiger partial charge on any atom is 0.315 e. The Morgan fingerprint density at radius 1 is 1.24 bits per heavy atom.